The number of hydrogen-bond acceptors (Lipinski definition) is 1. The van der Waals surface area contributed by atoms with E-state index in [1.807, 2.05) is 0 Å². The Bertz CT molecular complexity index is 432. The third-order valence-electron chi connectivity index (χ3n) is 8.84. The van der Waals surface area contributed by atoms with E-state index in [9.17, 15) is 0 Å². The van der Waals surface area contributed by atoms with E-state index in [1.54, 1.807) is 0 Å². The zero-order valence-electron chi connectivity index (χ0n) is 28.1. The SMILES string of the molecule is CCCCCCCCCCCC[N+](C)(C)CCCN(C)CCC[N+](C)(C)CCCCCCCCCCCC. The Kier molecular flexibility index (Phi) is 25.7. The zero-order valence-corrected chi connectivity index (χ0v) is 28.1. The minimum absolute atomic E-state index is 1.20. The van der Waals surface area contributed by atoms with Gasteiger partial charge in [0.1, 0.15) is 0 Å². The van der Waals surface area contributed by atoms with Gasteiger partial charge in [-0.15, -0.1) is 0 Å². The molecule has 38 heavy (non-hydrogen) atoms. The Balaban J connectivity index is 3.65. The highest BCUT2D eigenvalue weighted by Gasteiger charge is 2.16. The van der Waals surface area contributed by atoms with E-state index in [-0.39, 0.29) is 0 Å². The Hall–Kier alpha value is -0.120. The Morgan fingerprint density at radius 2 is 0.579 bits per heavy atom. The molecule has 0 saturated heterocycles. The summed E-state index contributed by atoms with van der Waals surface area (Å²) in [6.45, 7) is 12.5. The molecule has 0 spiro atoms. The lowest BCUT2D eigenvalue weighted by Crippen LogP contribution is -2.43. The van der Waals surface area contributed by atoms with Crippen LogP contribution >= 0.6 is 0 Å². The van der Waals surface area contributed by atoms with Crippen LogP contribution in [-0.2, 0) is 0 Å². The van der Waals surface area contributed by atoms with Crippen molar-refractivity contribution in [3.63, 3.8) is 0 Å². The first-order valence-corrected chi connectivity index (χ1v) is 17.5. The fourth-order valence-corrected chi connectivity index (χ4v) is 5.93. The van der Waals surface area contributed by atoms with E-state index in [1.165, 1.54) is 189 Å². The van der Waals surface area contributed by atoms with Crippen LogP contribution in [-0.4, -0.2) is 88.4 Å². The molecule has 3 nitrogen and oxygen atoms in total. The third-order valence-corrected chi connectivity index (χ3v) is 8.84. The second-order valence-electron chi connectivity index (χ2n) is 14.1. The minimum Gasteiger partial charge on any atom is -0.328 e. The third kappa shape index (κ3) is 27.4. The number of rotatable bonds is 30. The Labute approximate surface area is 243 Å². The fraction of sp³-hybridized carbons (Fsp3) is 1.00. The van der Waals surface area contributed by atoms with E-state index in [0.29, 0.717) is 0 Å². The van der Waals surface area contributed by atoms with Crippen LogP contribution in [0.2, 0.25) is 0 Å². The molecule has 0 aliphatic rings. The van der Waals surface area contributed by atoms with Gasteiger partial charge in [0.2, 0.25) is 0 Å². The van der Waals surface area contributed by atoms with Crippen LogP contribution in [0.5, 0.6) is 0 Å². The van der Waals surface area contributed by atoms with Crippen LogP contribution in [0.1, 0.15) is 155 Å². The van der Waals surface area contributed by atoms with E-state index >= 15 is 0 Å². The van der Waals surface area contributed by atoms with Gasteiger partial charge in [-0.25, -0.2) is 0 Å². The van der Waals surface area contributed by atoms with Crippen LogP contribution in [0.4, 0.5) is 0 Å². The summed E-state index contributed by atoms with van der Waals surface area (Å²) in [5, 5.41) is 0. The topological polar surface area (TPSA) is 3.24 Å². The number of hydrogen-bond donors (Lipinski definition) is 0. The molecule has 0 aromatic rings. The summed E-state index contributed by atoms with van der Waals surface area (Å²) in [5.74, 6) is 0. The first-order chi connectivity index (χ1) is 18.2. The van der Waals surface area contributed by atoms with Crippen molar-refractivity contribution < 1.29 is 8.97 Å². The highest BCUT2D eigenvalue weighted by atomic mass is 15.3. The first-order valence-electron chi connectivity index (χ1n) is 17.5. The average Bonchev–Trinajstić information content (AvgIpc) is 2.86. The Morgan fingerprint density at radius 1 is 0.342 bits per heavy atom. The van der Waals surface area contributed by atoms with E-state index in [2.05, 4.69) is 54.0 Å². The standard InChI is InChI=1S/C35H77N3/c1-8-10-12-14-16-18-20-22-24-26-32-37(4,5)34-28-30-36(3)31-29-35-38(6,7)33-27-25-23-21-19-17-15-13-11-9-2/h8-35H2,1-7H3/q+2. The van der Waals surface area contributed by atoms with Crippen molar-refractivity contribution in [3.8, 4) is 0 Å². The molecule has 0 aliphatic carbocycles. The van der Waals surface area contributed by atoms with Crippen LogP contribution in [0.15, 0.2) is 0 Å². The summed E-state index contributed by atoms with van der Waals surface area (Å²) in [6, 6.07) is 0. The van der Waals surface area contributed by atoms with Gasteiger partial charge in [0.05, 0.1) is 54.4 Å². The van der Waals surface area contributed by atoms with Gasteiger partial charge in [0, 0.05) is 25.9 Å². The van der Waals surface area contributed by atoms with Gasteiger partial charge in [-0.2, -0.15) is 0 Å². The summed E-state index contributed by atoms with van der Waals surface area (Å²) in [6.07, 6.45) is 31.4. The van der Waals surface area contributed by atoms with Crippen molar-refractivity contribution in [1.29, 1.82) is 0 Å². The molecule has 0 amide bonds. The van der Waals surface area contributed by atoms with Gasteiger partial charge in [-0.3, -0.25) is 0 Å². The molecule has 0 unspecified atom stereocenters. The lowest BCUT2D eigenvalue weighted by molar-refractivity contribution is -0.891. The zero-order chi connectivity index (χ0) is 28.4. The molecule has 0 atom stereocenters. The second-order valence-corrected chi connectivity index (χ2v) is 14.1. The Morgan fingerprint density at radius 3 is 0.868 bits per heavy atom. The molecule has 0 aromatic carbocycles. The molecule has 230 valence electrons. The molecule has 3 heteroatoms. The lowest BCUT2D eigenvalue weighted by Gasteiger charge is -2.32. The lowest BCUT2D eigenvalue weighted by atomic mass is 10.1. The first kappa shape index (κ1) is 37.9. The summed E-state index contributed by atoms with van der Waals surface area (Å²) < 4.78 is 2.40. The maximum absolute atomic E-state index is 2.58. The summed E-state index contributed by atoms with van der Waals surface area (Å²) in [5.41, 5.74) is 0. The van der Waals surface area contributed by atoms with Gasteiger partial charge < -0.3 is 13.9 Å². The van der Waals surface area contributed by atoms with E-state index in [0.717, 1.165) is 0 Å². The minimum atomic E-state index is 1.20. The van der Waals surface area contributed by atoms with Crippen LogP contribution in [0.3, 0.4) is 0 Å². The monoisotopic (exact) mass is 540 g/mol. The smallest absolute Gasteiger partial charge is 0.0794 e. The molecular weight excluding hydrogens is 462 g/mol. The van der Waals surface area contributed by atoms with Crippen molar-refractivity contribution >= 4 is 0 Å². The highest BCUT2D eigenvalue weighted by Crippen LogP contribution is 2.13. The molecule has 0 bridgehead atoms. The average molecular weight is 540 g/mol. The molecular formula is C35H77N3+2. The summed E-state index contributed by atoms with van der Waals surface area (Å²) in [4.78, 5) is 2.58. The van der Waals surface area contributed by atoms with Gasteiger partial charge in [-0.1, -0.05) is 117 Å². The molecule has 0 radical (unpaired) electrons. The number of quaternary nitrogens is 2. The van der Waals surface area contributed by atoms with E-state index in [4.69, 9.17) is 0 Å². The summed E-state index contributed by atoms with van der Waals surface area (Å²) in [7, 11) is 12.1. The maximum Gasteiger partial charge on any atom is 0.0794 e. The largest absolute Gasteiger partial charge is 0.328 e. The van der Waals surface area contributed by atoms with Crippen molar-refractivity contribution in [1.82, 2.24) is 4.90 Å². The van der Waals surface area contributed by atoms with Crippen LogP contribution in [0, 0.1) is 0 Å². The predicted molar refractivity (Wildman–Crippen MR) is 174 cm³/mol. The van der Waals surface area contributed by atoms with Crippen molar-refractivity contribution in [3.05, 3.63) is 0 Å². The van der Waals surface area contributed by atoms with Gasteiger partial charge in [-0.05, 0) is 32.7 Å². The molecule has 0 N–H and O–H groups in total. The van der Waals surface area contributed by atoms with Crippen LogP contribution in [0.25, 0.3) is 0 Å². The molecule has 0 heterocycles. The van der Waals surface area contributed by atoms with Crippen molar-refractivity contribution in [2.24, 2.45) is 0 Å². The normalized spacial score (nSPS) is 12.6. The predicted octanol–water partition coefficient (Wildman–Crippen LogP) is 9.69. The second kappa shape index (κ2) is 25.8. The maximum atomic E-state index is 2.58. The molecule has 0 saturated carbocycles. The fourth-order valence-electron chi connectivity index (χ4n) is 5.93. The molecule has 0 fully saturated rings. The number of unbranched alkanes of at least 4 members (excludes halogenated alkanes) is 18. The number of nitrogens with zero attached hydrogens (tertiary/aromatic N) is 3. The highest BCUT2D eigenvalue weighted by molar-refractivity contribution is 4.54. The van der Waals surface area contributed by atoms with Gasteiger partial charge in [0.25, 0.3) is 0 Å². The quantitative estimate of drug-likeness (QED) is 0.0648. The van der Waals surface area contributed by atoms with Crippen molar-refractivity contribution in [2.75, 3.05) is 74.5 Å². The van der Waals surface area contributed by atoms with Crippen molar-refractivity contribution in [2.45, 2.75) is 155 Å². The van der Waals surface area contributed by atoms with E-state index < -0.39 is 0 Å². The van der Waals surface area contributed by atoms with Gasteiger partial charge in [0.15, 0.2) is 0 Å². The van der Waals surface area contributed by atoms with Crippen LogP contribution < -0.4 is 0 Å². The van der Waals surface area contributed by atoms with Gasteiger partial charge >= 0.3 is 0 Å². The molecule has 0 aromatic heterocycles. The summed E-state index contributed by atoms with van der Waals surface area (Å²) >= 11 is 0. The molecule has 0 aliphatic heterocycles. The molecule has 0 rings (SSSR count).